The van der Waals surface area contributed by atoms with Crippen LogP contribution in [-0.2, 0) is 17.6 Å². The molecule has 0 aliphatic heterocycles. The van der Waals surface area contributed by atoms with Gasteiger partial charge in [0.15, 0.2) is 11.5 Å². The summed E-state index contributed by atoms with van der Waals surface area (Å²) in [6, 6.07) is 9.62. The van der Waals surface area contributed by atoms with Gasteiger partial charge in [0.1, 0.15) is 6.61 Å². The molecule has 0 fully saturated rings. The molecule has 0 spiro atoms. The van der Waals surface area contributed by atoms with Crippen molar-refractivity contribution in [2.24, 2.45) is 0 Å². The number of aliphatic carboxylic acids is 1. The summed E-state index contributed by atoms with van der Waals surface area (Å²) in [5.74, 6) is -0.393. The van der Waals surface area contributed by atoms with Crippen molar-refractivity contribution in [1.29, 1.82) is 0 Å². The number of methoxy groups -OCH3 is 1. The van der Waals surface area contributed by atoms with Gasteiger partial charge in [-0.3, -0.25) is 0 Å². The fraction of sp³-hybridized carbons (Fsp3) is 0.167. The van der Waals surface area contributed by atoms with Gasteiger partial charge in [0, 0.05) is 6.08 Å². The molecule has 0 heterocycles. The summed E-state index contributed by atoms with van der Waals surface area (Å²) in [6.45, 7) is -0.0649. The minimum Gasteiger partial charge on any atom is -0.493 e. The average molecular weight is 352 g/mol. The molecule has 0 amide bonds. The van der Waals surface area contributed by atoms with Crippen LogP contribution in [0.4, 0.5) is 13.2 Å². The lowest BCUT2D eigenvalue weighted by atomic mass is 10.1. The fourth-order valence-corrected chi connectivity index (χ4v) is 2.07. The first-order valence-electron chi connectivity index (χ1n) is 7.17. The van der Waals surface area contributed by atoms with Gasteiger partial charge >= 0.3 is 12.1 Å². The van der Waals surface area contributed by atoms with Crippen molar-refractivity contribution in [3.05, 3.63) is 65.2 Å². The van der Waals surface area contributed by atoms with Crippen molar-refractivity contribution >= 4 is 12.0 Å². The molecule has 0 unspecified atom stereocenters. The normalized spacial score (nSPS) is 11.5. The van der Waals surface area contributed by atoms with Crippen LogP contribution in [0.2, 0.25) is 0 Å². The van der Waals surface area contributed by atoms with E-state index in [2.05, 4.69) is 0 Å². The van der Waals surface area contributed by atoms with E-state index in [1.54, 1.807) is 18.2 Å². The summed E-state index contributed by atoms with van der Waals surface area (Å²) in [5.41, 5.74) is 0.215. The Labute approximate surface area is 142 Å². The minimum atomic E-state index is -4.41. The number of halogens is 3. The van der Waals surface area contributed by atoms with Crippen molar-refractivity contribution in [3.63, 3.8) is 0 Å². The number of carbonyl (C=O) groups is 1. The average Bonchev–Trinajstić information content (AvgIpc) is 2.58. The molecular weight excluding hydrogens is 337 g/mol. The number of ether oxygens (including phenoxy) is 2. The summed E-state index contributed by atoms with van der Waals surface area (Å²) in [6.07, 6.45) is -2.04. The first-order valence-corrected chi connectivity index (χ1v) is 7.17. The molecule has 0 saturated carbocycles. The molecule has 0 aliphatic rings. The van der Waals surface area contributed by atoms with E-state index in [9.17, 15) is 18.0 Å². The highest BCUT2D eigenvalue weighted by molar-refractivity contribution is 5.85. The Hall–Kier alpha value is -2.96. The first-order chi connectivity index (χ1) is 11.8. The van der Waals surface area contributed by atoms with E-state index in [-0.39, 0.29) is 6.61 Å². The molecule has 132 valence electrons. The van der Waals surface area contributed by atoms with Gasteiger partial charge in [-0.2, -0.15) is 13.2 Å². The lowest BCUT2D eigenvalue weighted by Gasteiger charge is -2.13. The van der Waals surface area contributed by atoms with Gasteiger partial charge in [-0.25, -0.2) is 4.79 Å². The largest absolute Gasteiger partial charge is 0.493 e. The maximum Gasteiger partial charge on any atom is 0.416 e. The lowest BCUT2D eigenvalue weighted by Crippen LogP contribution is -2.06. The van der Waals surface area contributed by atoms with Gasteiger partial charge in [-0.05, 0) is 41.5 Å². The maximum absolute atomic E-state index is 12.7. The molecule has 0 atom stereocenters. The van der Waals surface area contributed by atoms with Gasteiger partial charge < -0.3 is 14.6 Å². The molecular formula is C18H15F3O4. The Morgan fingerprint density at radius 1 is 1.16 bits per heavy atom. The van der Waals surface area contributed by atoms with Crippen molar-refractivity contribution in [3.8, 4) is 11.5 Å². The highest BCUT2D eigenvalue weighted by atomic mass is 19.4. The summed E-state index contributed by atoms with van der Waals surface area (Å²) >= 11 is 0. The molecule has 0 aliphatic carbocycles. The lowest BCUT2D eigenvalue weighted by molar-refractivity contribution is -0.137. The zero-order valence-corrected chi connectivity index (χ0v) is 13.2. The molecule has 2 aromatic rings. The van der Waals surface area contributed by atoms with E-state index in [1.165, 1.54) is 25.3 Å². The molecule has 1 N–H and O–H groups in total. The molecule has 0 saturated heterocycles. The van der Waals surface area contributed by atoms with Crippen LogP contribution >= 0.6 is 0 Å². The van der Waals surface area contributed by atoms with Gasteiger partial charge in [-0.1, -0.05) is 18.2 Å². The second-order valence-corrected chi connectivity index (χ2v) is 5.07. The Bertz CT molecular complexity index is 782. The summed E-state index contributed by atoms with van der Waals surface area (Å²) in [7, 11) is 1.41. The number of benzene rings is 2. The van der Waals surface area contributed by atoms with Crippen LogP contribution in [0.5, 0.6) is 11.5 Å². The van der Waals surface area contributed by atoms with Crippen molar-refractivity contribution in [2.45, 2.75) is 12.8 Å². The van der Waals surface area contributed by atoms with Crippen LogP contribution in [0.25, 0.3) is 6.08 Å². The monoisotopic (exact) mass is 352 g/mol. The van der Waals surface area contributed by atoms with Crippen molar-refractivity contribution < 1.29 is 32.5 Å². The highest BCUT2D eigenvalue weighted by Gasteiger charge is 2.30. The number of hydrogen-bond acceptors (Lipinski definition) is 3. The summed E-state index contributed by atoms with van der Waals surface area (Å²) in [4.78, 5) is 10.5. The molecule has 0 bridgehead atoms. The smallest absolute Gasteiger partial charge is 0.416 e. The molecule has 0 aromatic heterocycles. The topological polar surface area (TPSA) is 55.8 Å². The Morgan fingerprint density at radius 3 is 2.56 bits per heavy atom. The number of hydrogen-bond donors (Lipinski definition) is 1. The SMILES string of the molecule is COc1cc(/C=C/C(=O)O)ccc1OCc1cccc(C(F)(F)F)c1. The van der Waals surface area contributed by atoms with Crippen LogP contribution in [0.3, 0.4) is 0 Å². The predicted octanol–water partition coefficient (Wildman–Crippen LogP) is 4.39. The first kappa shape index (κ1) is 18.4. The molecule has 0 radical (unpaired) electrons. The standard InChI is InChI=1S/C18H15F3O4/c1-24-16-10-12(6-8-17(22)23)5-7-15(16)25-11-13-3-2-4-14(9-13)18(19,20)21/h2-10H,11H2,1H3,(H,22,23)/b8-6+. The van der Waals surface area contributed by atoms with Crippen molar-refractivity contribution in [2.75, 3.05) is 7.11 Å². The fourth-order valence-electron chi connectivity index (χ4n) is 2.07. The number of carboxylic acids is 1. The van der Waals surface area contributed by atoms with Crippen LogP contribution in [0.1, 0.15) is 16.7 Å². The van der Waals surface area contributed by atoms with Crippen LogP contribution in [0.15, 0.2) is 48.5 Å². The minimum absolute atomic E-state index is 0.0649. The third-order valence-corrected chi connectivity index (χ3v) is 3.25. The molecule has 4 nitrogen and oxygen atoms in total. The highest BCUT2D eigenvalue weighted by Crippen LogP contribution is 2.31. The molecule has 7 heteroatoms. The van der Waals surface area contributed by atoms with Gasteiger partial charge in [0.25, 0.3) is 0 Å². The second-order valence-electron chi connectivity index (χ2n) is 5.07. The van der Waals surface area contributed by atoms with Gasteiger partial charge in [0.2, 0.25) is 0 Å². The zero-order chi connectivity index (χ0) is 18.4. The third-order valence-electron chi connectivity index (χ3n) is 3.25. The third kappa shape index (κ3) is 5.27. The second kappa shape index (κ2) is 7.74. The molecule has 2 rings (SSSR count). The zero-order valence-electron chi connectivity index (χ0n) is 13.2. The van der Waals surface area contributed by atoms with E-state index >= 15 is 0 Å². The van der Waals surface area contributed by atoms with E-state index in [0.29, 0.717) is 22.6 Å². The van der Waals surface area contributed by atoms with Crippen molar-refractivity contribution in [1.82, 2.24) is 0 Å². The van der Waals surface area contributed by atoms with Gasteiger partial charge in [-0.15, -0.1) is 0 Å². The number of carboxylic acid groups (broad SMARTS) is 1. The quantitative estimate of drug-likeness (QED) is 0.784. The van der Waals surface area contributed by atoms with Crippen LogP contribution < -0.4 is 9.47 Å². The Morgan fingerprint density at radius 2 is 1.92 bits per heavy atom. The molecule has 25 heavy (non-hydrogen) atoms. The Kier molecular flexibility index (Phi) is 5.69. The number of alkyl halides is 3. The van der Waals surface area contributed by atoms with E-state index < -0.39 is 17.7 Å². The van der Waals surface area contributed by atoms with E-state index in [4.69, 9.17) is 14.6 Å². The van der Waals surface area contributed by atoms with Gasteiger partial charge in [0.05, 0.1) is 12.7 Å². The van der Waals surface area contributed by atoms with Crippen LogP contribution in [-0.4, -0.2) is 18.2 Å². The number of rotatable bonds is 6. The Balaban J connectivity index is 2.14. The van der Waals surface area contributed by atoms with E-state index in [0.717, 1.165) is 18.2 Å². The van der Waals surface area contributed by atoms with Crippen LogP contribution in [0, 0.1) is 0 Å². The summed E-state index contributed by atoms with van der Waals surface area (Å²) in [5, 5.41) is 8.62. The maximum atomic E-state index is 12.7. The summed E-state index contributed by atoms with van der Waals surface area (Å²) < 4.78 is 48.8. The van der Waals surface area contributed by atoms with E-state index in [1.807, 2.05) is 0 Å². The predicted molar refractivity (Wildman–Crippen MR) is 85.4 cm³/mol. The molecule has 2 aromatic carbocycles.